The molecule has 2 aliphatic rings. The fourth-order valence-corrected chi connectivity index (χ4v) is 8.52. The Morgan fingerprint density at radius 2 is 2.00 bits per heavy atom. The highest BCUT2D eigenvalue weighted by Crippen LogP contribution is 2.34. The minimum Gasteiger partial charge on any atom is -0.379 e. The summed E-state index contributed by atoms with van der Waals surface area (Å²) < 4.78 is 48.9. The lowest BCUT2D eigenvalue weighted by atomic mass is 10.0. The van der Waals surface area contributed by atoms with Crippen LogP contribution in [0.25, 0.3) is 10.2 Å². The number of hydrogen-bond acceptors (Lipinski definition) is 8. The molecule has 2 aliphatic heterocycles. The number of morpholine rings is 1. The molecular formula is C24H29FN4O4S3. The van der Waals surface area contributed by atoms with Crippen LogP contribution in [0.5, 0.6) is 0 Å². The molecule has 1 atom stereocenters. The van der Waals surface area contributed by atoms with Gasteiger partial charge < -0.3 is 4.74 Å². The van der Waals surface area contributed by atoms with Gasteiger partial charge in [0.15, 0.2) is 5.13 Å². The number of nitrogens with zero attached hydrogens (tertiary/aromatic N) is 4. The fourth-order valence-electron chi connectivity index (χ4n) is 4.74. The van der Waals surface area contributed by atoms with Gasteiger partial charge in [-0.1, -0.05) is 29.9 Å². The second-order valence-electron chi connectivity index (χ2n) is 8.94. The maximum atomic E-state index is 14.4. The summed E-state index contributed by atoms with van der Waals surface area (Å²) in [6, 6.07) is 7.22. The van der Waals surface area contributed by atoms with E-state index in [0.717, 1.165) is 37.4 Å². The second-order valence-corrected chi connectivity index (χ2v) is 13.0. The van der Waals surface area contributed by atoms with Crippen molar-refractivity contribution >= 4 is 54.0 Å². The third kappa shape index (κ3) is 5.34. The zero-order valence-corrected chi connectivity index (χ0v) is 22.3. The summed E-state index contributed by atoms with van der Waals surface area (Å²) in [5.41, 5.74) is 0.232. The Kier molecular flexibility index (Phi) is 7.99. The van der Waals surface area contributed by atoms with Crippen molar-refractivity contribution in [1.82, 2.24) is 14.2 Å². The maximum Gasteiger partial charge on any atom is 0.253 e. The Morgan fingerprint density at radius 3 is 2.75 bits per heavy atom. The number of para-hydroxylation sites is 1. The van der Waals surface area contributed by atoms with Crippen molar-refractivity contribution < 1.29 is 22.3 Å². The molecule has 8 nitrogen and oxygen atoms in total. The lowest BCUT2D eigenvalue weighted by Gasteiger charge is -2.36. The topological polar surface area (TPSA) is 83.1 Å². The third-order valence-electron chi connectivity index (χ3n) is 6.61. The molecule has 0 radical (unpaired) electrons. The number of carbonyl (C=O) groups is 1. The number of fused-ring (bicyclic) bond motifs is 1. The quantitative estimate of drug-likeness (QED) is 0.423. The molecule has 3 aromatic rings. The number of sulfonamides is 1. The Morgan fingerprint density at radius 1 is 1.17 bits per heavy atom. The number of thiazole rings is 1. The molecule has 0 aliphatic carbocycles. The van der Waals surface area contributed by atoms with Crippen LogP contribution >= 0.6 is 22.7 Å². The van der Waals surface area contributed by atoms with E-state index in [1.165, 1.54) is 21.7 Å². The smallest absolute Gasteiger partial charge is 0.253 e. The van der Waals surface area contributed by atoms with E-state index in [1.807, 2.05) is 0 Å². The third-order valence-corrected chi connectivity index (χ3v) is 10.9. The van der Waals surface area contributed by atoms with Crippen molar-refractivity contribution in [1.29, 1.82) is 0 Å². The number of thiophene rings is 1. The Labute approximate surface area is 218 Å². The summed E-state index contributed by atoms with van der Waals surface area (Å²) >= 11 is 2.41. The van der Waals surface area contributed by atoms with Crippen molar-refractivity contribution in [2.24, 2.45) is 0 Å². The zero-order valence-electron chi connectivity index (χ0n) is 19.8. The molecule has 12 heteroatoms. The summed E-state index contributed by atoms with van der Waals surface area (Å²) in [6.45, 7) is 4.53. The normalized spacial score (nSPS) is 20.1. The van der Waals surface area contributed by atoms with Crippen LogP contribution < -0.4 is 4.90 Å². The molecule has 4 heterocycles. The van der Waals surface area contributed by atoms with Gasteiger partial charge in [0.2, 0.25) is 5.91 Å². The van der Waals surface area contributed by atoms with Gasteiger partial charge in [-0.2, -0.15) is 4.31 Å². The van der Waals surface area contributed by atoms with Gasteiger partial charge in [-0.05, 0) is 42.8 Å². The van der Waals surface area contributed by atoms with Crippen LogP contribution in [-0.2, 0) is 19.6 Å². The summed E-state index contributed by atoms with van der Waals surface area (Å²) in [5.74, 6) is -0.730. The van der Waals surface area contributed by atoms with E-state index in [-0.39, 0.29) is 15.6 Å². The highest BCUT2D eigenvalue weighted by Gasteiger charge is 2.40. The molecule has 1 aromatic carbocycles. The molecule has 0 N–H and O–H groups in total. The highest BCUT2D eigenvalue weighted by atomic mass is 32.2. The van der Waals surface area contributed by atoms with Crippen molar-refractivity contribution in [2.75, 3.05) is 50.8 Å². The standard InChI is InChI=1S/C24H29FN4O4S3/c25-18-6-3-8-20-22(18)26-24(35-20)28(11-5-10-27-13-15-33-16-14-27)23(30)19-7-1-2-12-29(19)36(31,32)21-9-4-17-34-21/h3-4,6,8-9,17,19H,1-2,5,7,10-16H2. The van der Waals surface area contributed by atoms with Gasteiger partial charge in [0.25, 0.3) is 10.0 Å². The fraction of sp³-hybridized carbons (Fsp3) is 0.500. The number of amides is 1. The van der Waals surface area contributed by atoms with Gasteiger partial charge in [-0.3, -0.25) is 14.6 Å². The van der Waals surface area contributed by atoms with Crippen molar-refractivity contribution in [3.05, 3.63) is 41.5 Å². The number of carbonyl (C=O) groups excluding carboxylic acids is 1. The highest BCUT2D eigenvalue weighted by molar-refractivity contribution is 7.91. The summed E-state index contributed by atoms with van der Waals surface area (Å²) in [7, 11) is -3.79. The molecule has 0 bridgehead atoms. The molecule has 36 heavy (non-hydrogen) atoms. The van der Waals surface area contributed by atoms with E-state index in [9.17, 15) is 17.6 Å². The predicted octanol–water partition coefficient (Wildman–Crippen LogP) is 3.80. The molecule has 2 saturated heterocycles. The van der Waals surface area contributed by atoms with Crippen LogP contribution in [-0.4, -0.2) is 80.5 Å². The van der Waals surface area contributed by atoms with Crippen LogP contribution in [0.1, 0.15) is 25.7 Å². The van der Waals surface area contributed by atoms with Gasteiger partial charge in [0.1, 0.15) is 21.6 Å². The number of hydrogen-bond donors (Lipinski definition) is 0. The number of piperidine rings is 1. The first-order valence-electron chi connectivity index (χ1n) is 12.2. The lowest BCUT2D eigenvalue weighted by Crippen LogP contribution is -2.53. The summed E-state index contributed by atoms with van der Waals surface area (Å²) in [4.78, 5) is 22.4. The average molecular weight is 553 g/mol. The largest absolute Gasteiger partial charge is 0.379 e. The van der Waals surface area contributed by atoms with Crippen LogP contribution in [0.15, 0.2) is 39.9 Å². The van der Waals surface area contributed by atoms with E-state index >= 15 is 0 Å². The Hall–Kier alpha value is -1.96. The number of aromatic nitrogens is 1. The average Bonchev–Trinajstić information content (AvgIpc) is 3.59. The first kappa shape index (κ1) is 25.7. The minimum absolute atomic E-state index is 0.232. The maximum absolute atomic E-state index is 14.4. The number of ether oxygens (including phenoxy) is 1. The predicted molar refractivity (Wildman–Crippen MR) is 140 cm³/mol. The summed E-state index contributed by atoms with van der Waals surface area (Å²) in [5, 5.41) is 2.13. The second kappa shape index (κ2) is 11.2. The van der Waals surface area contributed by atoms with Crippen molar-refractivity contribution in [3.8, 4) is 0 Å². The summed E-state index contributed by atoms with van der Waals surface area (Å²) in [6.07, 6.45) is 2.61. The first-order valence-corrected chi connectivity index (χ1v) is 15.3. The van der Waals surface area contributed by atoms with E-state index in [0.29, 0.717) is 55.4 Å². The number of benzene rings is 1. The SMILES string of the molecule is O=C(C1CCCCN1S(=O)(=O)c1cccs1)N(CCCN1CCOCC1)c1nc2c(F)cccc2s1. The molecule has 5 rings (SSSR count). The Balaban J connectivity index is 1.43. The first-order chi connectivity index (χ1) is 17.4. The monoisotopic (exact) mass is 552 g/mol. The minimum atomic E-state index is -3.79. The van der Waals surface area contributed by atoms with Gasteiger partial charge in [0.05, 0.1) is 17.9 Å². The van der Waals surface area contributed by atoms with E-state index in [4.69, 9.17) is 4.74 Å². The number of anilines is 1. The van der Waals surface area contributed by atoms with Gasteiger partial charge >= 0.3 is 0 Å². The molecule has 1 amide bonds. The molecule has 1 unspecified atom stereocenters. The lowest BCUT2D eigenvalue weighted by molar-refractivity contribution is -0.123. The van der Waals surface area contributed by atoms with Crippen LogP contribution in [0.4, 0.5) is 9.52 Å². The molecule has 0 spiro atoms. The van der Waals surface area contributed by atoms with Gasteiger partial charge in [-0.15, -0.1) is 11.3 Å². The van der Waals surface area contributed by atoms with Crippen molar-refractivity contribution in [3.63, 3.8) is 0 Å². The molecule has 2 fully saturated rings. The van der Waals surface area contributed by atoms with E-state index < -0.39 is 21.9 Å². The van der Waals surface area contributed by atoms with Gasteiger partial charge in [-0.25, -0.2) is 17.8 Å². The number of halogens is 1. The van der Waals surface area contributed by atoms with Crippen LogP contribution in [0.3, 0.4) is 0 Å². The molecule has 194 valence electrons. The Bertz CT molecular complexity index is 1290. The molecule has 0 saturated carbocycles. The van der Waals surface area contributed by atoms with Gasteiger partial charge in [0, 0.05) is 32.7 Å². The van der Waals surface area contributed by atoms with E-state index in [1.54, 1.807) is 34.5 Å². The van der Waals surface area contributed by atoms with Crippen LogP contribution in [0, 0.1) is 5.82 Å². The van der Waals surface area contributed by atoms with Crippen molar-refractivity contribution in [2.45, 2.75) is 35.9 Å². The number of rotatable bonds is 8. The zero-order chi connectivity index (χ0) is 25.1. The van der Waals surface area contributed by atoms with E-state index in [2.05, 4.69) is 9.88 Å². The van der Waals surface area contributed by atoms with Crippen LogP contribution in [0.2, 0.25) is 0 Å². The molecule has 2 aromatic heterocycles. The molecular weight excluding hydrogens is 523 g/mol.